The van der Waals surface area contributed by atoms with Crippen molar-refractivity contribution in [3.8, 4) is 17.0 Å². The van der Waals surface area contributed by atoms with Crippen molar-refractivity contribution >= 4 is 27.3 Å². The standard InChI is InChI=1S/C13H14BrNOS/c1-4-16-11-6-8(2)10(5-9(11)3)12-13(14)17-7-15-12/h5-7H,4H2,1-3H3. The fraction of sp³-hybridized carbons (Fsp3) is 0.308. The van der Waals surface area contributed by atoms with Gasteiger partial charge in [-0.1, -0.05) is 0 Å². The lowest BCUT2D eigenvalue weighted by Gasteiger charge is -2.11. The number of aryl methyl sites for hydroxylation is 2. The van der Waals surface area contributed by atoms with Gasteiger partial charge in [0.25, 0.3) is 0 Å². The predicted octanol–water partition coefficient (Wildman–Crippen LogP) is 4.59. The van der Waals surface area contributed by atoms with Gasteiger partial charge in [-0.15, -0.1) is 11.3 Å². The molecule has 0 aliphatic heterocycles. The summed E-state index contributed by atoms with van der Waals surface area (Å²) in [6, 6.07) is 4.22. The molecule has 0 spiro atoms. The molecule has 17 heavy (non-hydrogen) atoms. The molecule has 0 N–H and O–H groups in total. The number of hydrogen-bond donors (Lipinski definition) is 0. The monoisotopic (exact) mass is 311 g/mol. The van der Waals surface area contributed by atoms with E-state index >= 15 is 0 Å². The molecule has 2 rings (SSSR count). The molecule has 0 bridgehead atoms. The summed E-state index contributed by atoms with van der Waals surface area (Å²) in [4.78, 5) is 4.39. The molecule has 1 heterocycles. The molecule has 90 valence electrons. The van der Waals surface area contributed by atoms with E-state index in [-0.39, 0.29) is 0 Å². The quantitative estimate of drug-likeness (QED) is 0.827. The Morgan fingerprint density at radius 1 is 1.29 bits per heavy atom. The summed E-state index contributed by atoms with van der Waals surface area (Å²) in [5.41, 5.74) is 6.36. The van der Waals surface area contributed by atoms with Crippen LogP contribution in [0.25, 0.3) is 11.3 Å². The van der Waals surface area contributed by atoms with Crippen molar-refractivity contribution in [3.63, 3.8) is 0 Å². The van der Waals surface area contributed by atoms with E-state index in [0.717, 1.165) is 20.8 Å². The molecule has 0 saturated heterocycles. The van der Waals surface area contributed by atoms with E-state index in [4.69, 9.17) is 4.74 Å². The van der Waals surface area contributed by atoms with E-state index in [1.54, 1.807) is 11.3 Å². The van der Waals surface area contributed by atoms with E-state index in [9.17, 15) is 0 Å². The van der Waals surface area contributed by atoms with E-state index < -0.39 is 0 Å². The lowest BCUT2D eigenvalue weighted by molar-refractivity contribution is 0.337. The summed E-state index contributed by atoms with van der Waals surface area (Å²) >= 11 is 5.14. The lowest BCUT2D eigenvalue weighted by atomic mass is 10.0. The number of benzene rings is 1. The Morgan fingerprint density at radius 2 is 2.06 bits per heavy atom. The van der Waals surface area contributed by atoms with E-state index in [2.05, 4.69) is 46.9 Å². The van der Waals surface area contributed by atoms with E-state index in [1.807, 2.05) is 12.4 Å². The second-order valence-electron chi connectivity index (χ2n) is 3.84. The first-order chi connectivity index (χ1) is 8.13. The van der Waals surface area contributed by atoms with Crippen molar-refractivity contribution in [2.45, 2.75) is 20.8 Å². The van der Waals surface area contributed by atoms with Crippen molar-refractivity contribution in [2.24, 2.45) is 0 Å². The zero-order valence-corrected chi connectivity index (χ0v) is 12.5. The van der Waals surface area contributed by atoms with Gasteiger partial charge in [0.05, 0.1) is 21.6 Å². The van der Waals surface area contributed by atoms with E-state index in [0.29, 0.717) is 6.61 Å². The average molecular weight is 312 g/mol. The van der Waals surface area contributed by atoms with Gasteiger partial charge < -0.3 is 4.74 Å². The minimum atomic E-state index is 0.694. The minimum absolute atomic E-state index is 0.694. The molecule has 0 aliphatic rings. The van der Waals surface area contributed by atoms with Crippen LogP contribution in [0.3, 0.4) is 0 Å². The molecule has 0 aliphatic carbocycles. The van der Waals surface area contributed by atoms with Crippen LogP contribution in [-0.4, -0.2) is 11.6 Å². The first-order valence-corrected chi connectivity index (χ1v) is 7.14. The van der Waals surface area contributed by atoms with Crippen molar-refractivity contribution in [1.82, 2.24) is 4.98 Å². The number of ether oxygens (including phenoxy) is 1. The largest absolute Gasteiger partial charge is 0.494 e. The summed E-state index contributed by atoms with van der Waals surface area (Å²) in [6.07, 6.45) is 0. The normalized spacial score (nSPS) is 10.6. The number of rotatable bonds is 3. The summed E-state index contributed by atoms with van der Waals surface area (Å²) in [6.45, 7) is 6.84. The number of halogens is 1. The molecule has 0 radical (unpaired) electrons. The Balaban J connectivity index is 2.50. The molecular formula is C13H14BrNOS. The summed E-state index contributed by atoms with van der Waals surface area (Å²) in [5.74, 6) is 0.958. The van der Waals surface area contributed by atoms with Crippen molar-refractivity contribution in [3.05, 3.63) is 32.6 Å². The topological polar surface area (TPSA) is 22.1 Å². The van der Waals surface area contributed by atoms with Crippen LogP contribution in [0.1, 0.15) is 18.1 Å². The Hall–Kier alpha value is -0.870. The Labute approximate surface area is 114 Å². The summed E-state index contributed by atoms with van der Waals surface area (Å²) < 4.78 is 6.66. The smallest absolute Gasteiger partial charge is 0.122 e. The second-order valence-corrected chi connectivity index (χ2v) is 6.01. The highest BCUT2D eigenvalue weighted by molar-refractivity contribution is 9.11. The Kier molecular flexibility index (Phi) is 3.84. The van der Waals surface area contributed by atoms with Crippen molar-refractivity contribution < 1.29 is 4.74 Å². The first-order valence-electron chi connectivity index (χ1n) is 5.47. The molecule has 2 nitrogen and oxygen atoms in total. The molecular weight excluding hydrogens is 298 g/mol. The minimum Gasteiger partial charge on any atom is -0.494 e. The molecule has 4 heteroatoms. The maximum atomic E-state index is 5.59. The molecule has 0 unspecified atom stereocenters. The fourth-order valence-corrected chi connectivity index (χ4v) is 2.85. The average Bonchev–Trinajstić information content (AvgIpc) is 2.70. The van der Waals surface area contributed by atoms with Crippen LogP contribution < -0.4 is 4.74 Å². The zero-order chi connectivity index (χ0) is 12.4. The third kappa shape index (κ3) is 2.53. The summed E-state index contributed by atoms with van der Waals surface area (Å²) in [5, 5.41) is 0. The van der Waals surface area contributed by atoms with Gasteiger partial charge in [-0.25, -0.2) is 4.98 Å². The van der Waals surface area contributed by atoms with Crippen LogP contribution in [0.15, 0.2) is 21.4 Å². The highest BCUT2D eigenvalue weighted by Crippen LogP contribution is 2.35. The maximum absolute atomic E-state index is 5.59. The van der Waals surface area contributed by atoms with Gasteiger partial charge in [-0.05, 0) is 60.0 Å². The number of nitrogens with zero attached hydrogens (tertiary/aromatic N) is 1. The van der Waals surface area contributed by atoms with Crippen molar-refractivity contribution in [2.75, 3.05) is 6.61 Å². The highest BCUT2D eigenvalue weighted by Gasteiger charge is 2.12. The molecule has 1 aromatic heterocycles. The molecule has 1 aromatic carbocycles. The number of thiazole rings is 1. The molecule has 0 atom stereocenters. The Morgan fingerprint density at radius 3 is 2.65 bits per heavy atom. The van der Waals surface area contributed by atoms with Gasteiger partial charge in [-0.2, -0.15) is 0 Å². The SMILES string of the molecule is CCOc1cc(C)c(-c2ncsc2Br)cc1C. The van der Waals surface area contributed by atoms with Gasteiger partial charge in [0.2, 0.25) is 0 Å². The lowest BCUT2D eigenvalue weighted by Crippen LogP contribution is -1.96. The molecule has 0 fully saturated rings. The predicted molar refractivity (Wildman–Crippen MR) is 75.9 cm³/mol. The number of hydrogen-bond acceptors (Lipinski definition) is 3. The fourth-order valence-electron chi connectivity index (χ4n) is 1.76. The van der Waals surface area contributed by atoms with Crippen LogP contribution in [0, 0.1) is 13.8 Å². The van der Waals surface area contributed by atoms with Gasteiger partial charge in [0.1, 0.15) is 5.75 Å². The van der Waals surface area contributed by atoms with Gasteiger partial charge in [0, 0.05) is 5.56 Å². The summed E-state index contributed by atoms with van der Waals surface area (Å²) in [7, 11) is 0. The van der Waals surface area contributed by atoms with Crippen molar-refractivity contribution in [1.29, 1.82) is 0 Å². The first kappa shape index (κ1) is 12.6. The second kappa shape index (κ2) is 5.19. The highest BCUT2D eigenvalue weighted by atomic mass is 79.9. The third-order valence-corrected chi connectivity index (χ3v) is 4.15. The van der Waals surface area contributed by atoms with Gasteiger partial charge in [-0.3, -0.25) is 0 Å². The van der Waals surface area contributed by atoms with Crippen LogP contribution >= 0.6 is 27.3 Å². The van der Waals surface area contributed by atoms with Crippen LogP contribution in [0.4, 0.5) is 0 Å². The van der Waals surface area contributed by atoms with Gasteiger partial charge in [0.15, 0.2) is 0 Å². The molecule has 2 aromatic rings. The van der Waals surface area contributed by atoms with E-state index in [1.165, 1.54) is 11.1 Å². The Bertz CT molecular complexity index is 536. The van der Waals surface area contributed by atoms with Crippen LogP contribution in [0.5, 0.6) is 5.75 Å². The molecule has 0 saturated carbocycles. The maximum Gasteiger partial charge on any atom is 0.122 e. The third-order valence-electron chi connectivity index (χ3n) is 2.60. The van der Waals surface area contributed by atoms with Crippen LogP contribution in [-0.2, 0) is 0 Å². The van der Waals surface area contributed by atoms with Gasteiger partial charge >= 0.3 is 0 Å². The number of aromatic nitrogens is 1. The zero-order valence-electron chi connectivity index (χ0n) is 10.1. The molecule has 0 amide bonds. The van der Waals surface area contributed by atoms with Crippen LogP contribution in [0.2, 0.25) is 0 Å².